The van der Waals surface area contributed by atoms with Gasteiger partial charge in [-0.1, -0.05) is 42.5 Å². The minimum Gasteiger partial charge on any atom is -0.330 e. The summed E-state index contributed by atoms with van der Waals surface area (Å²) in [5.41, 5.74) is 6.80. The Labute approximate surface area is 183 Å². The number of hydrogen-bond donors (Lipinski definition) is 1. The molecule has 0 aliphatic heterocycles. The van der Waals surface area contributed by atoms with Gasteiger partial charge >= 0.3 is 0 Å². The third-order valence-corrected chi connectivity index (χ3v) is 9.50. The lowest BCUT2D eigenvalue weighted by molar-refractivity contribution is 0.00403. The van der Waals surface area contributed by atoms with Gasteiger partial charge in [0.1, 0.15) is 4.99 Å². The molecule has 2 N–H and O–H groups in total. The Morgan fingerprint density at radius 1 is 1.13 bits per heavy atom. The molecule has 2 nitrogen and oxygen atoms in total. The van der Waals surface area contributed by atoms with Gasteiger partial charge < -0.3 is 5.73 Å². The normalized spacial score (nSPS) is 42.5. The molecule has 5 aliphatic carbocycles. The van der Waals surface area contributed by atoms with E-state index in [0.29, 0.717) is 16.8 Å². The summed E-state index contributed by atoms with van der Waals surface area (Å²) in [5.74, 6) is 0.600. The third kappa shape index (κ3) is 3.19. The minimum atomic E-state index is -2.26. The number of aliphatic imine (C=N–C) groups is 1. The van der Waals surface area contributed by atoms with Gasteiger partial charge in [0.05, 0.1) is 0 Å². The van der Waals surface area contributed by atoms with Crippen LogP contribution < -0.4 is 5.73 Å². The smallest absolute Gasteiger partial charge is 0.242 e. The van der Waals surface area contributed by atoms with E-state index in [0.717, 1.165) is 57.9 Å². The fraction of sp³-hybridized carbons (Fsp3) is 0.680. The van der Waals surface area contributed by atoms with Crippen LogP contribution in [0.3, 0.4) is 0 Å². The Morgan fingerprint density at radius 2 is 1.87 bits per heavy atom. The summed E-state index contributed by atoms with van der Waals surface area (Å²) in [6.45, 7) is 0.769. The van der Waals surface area contributed by atoms with Crippen LogP contribution in [0, 0.1) is 35.0 Å². The Bertz CT molecular complexity index is 820. The maximum atomic E-state index is 14.1. The van der Waals surface area contributed by atoms with E-state index >= 15 is 0 Å². The van der Waals surface area contributed by atoms with Gasteiger partial charge in [0.15, 0.2) is 0 Å². The zero-order chi connectivity index (χ0) is 20.9. The van der Waals surface area contributed by atoms with Crippen molar-refractivity contribution in [1.29, 1.82) is 0 Å². The first-order valence-corrected chi connectivity index (χ1v) is 12.0. The van der Waals surface area contributed by atoms with Gasteiger partial charge in [0.25, 0.3) is 0 Å². The van der Waals surface area contributed by atoms with Crippen molar-refractivity contribution in [2.24, 2.45) is 45.7 Å². The molecule has 4 unspecified atom stereocenters. The molecule has 5 fully saturated rings. The van der Waals surface area contributed by atoms with Crippen LogP contribution in [0.4, 0.5) is 8.78 Å². The molecule has 0 spiro atoms. The van der Waals surface area contributed by atoms with E-state index in [1.807, 2.05) is 6.07 Å². The lowest BCUT2D eigenvalue weighted by Crippen LogP contribution is -2.38. The van der Waals surface area contributed by atoms with Crippen LogP contribution in [0.1, 0.15) is 56.9 Å². The highest BCUT2D eigenvalue weighted by atomic mass is 32.1. The van der Waals surface area contributed by atoms with Crippen LogP contribution in [0.5, 0.6) is 0 Å². The number of nitrogens with zero attached hydrogens (tertiary/aromatic N) is 1. The summed E-state index contributed by atoms with van der Waals surface area (Å²) in [6.07, 6.45) is 7.73. The van der Waals surface area contributed by atoms with E-state index in [-0.39, 0.29) is 22.7 Å². The first-order valence-electron chi connectivity index (χ1n) is 11.6. The van der Waals surface area contributed by atoms with E-state index in [4.69, 9.17) is 22.9 Å². The molecule has 5 saturated carbocycles. The van der Waals surface area contributed by atoms with Crippen molar-refractivity contribution >= 4 is 23.4 Å². The molecule has 1 aromatic carbocycles. The van der Waals surface area contributed by atoms with Crippen LogP contribution >= 0.6 is 12.2 Å². The van der Waals surface area contributed by atoms with Gasteiger partial charge in [-0.3, -0.25) is 4.99 Å². The van der Waals surface area contributed by atoms with Crippen molar-refractivity contribution in [2.45, 2.75) is 63.2 Å². The number of nitrogens with two attached hydrogens (primary N) is 1. The van der Waals surface area contributed by atoms with Crippen molar-refractivity contribution < 1.29 is 8.78 Å². The van der Waals surface area contributed by atoms with E-state index in [2.05, 4.69) is 30.5 Å². The Balaban J connectivity index is 1.40. The lowest BCUT2D eigenvalue weighted by Gasteiger charge is -2.43. The fourth-order valence-electron chi connectivity index (χ4n) is 7.66. The monoisotopic (exact) mass is 430 g/mol. The van der Waals surface area contributed by atoms with E-state index in [1.54, 1.807) is 0 Å². The Kier molecular flexibility index (Phi) is 5.34. The molecule has 0 radical (unpaired) electrons. The van der Waals surface area contributed by atoms with Gasteiger partial charge in [-0.05, 0) is 92.6 Å². The second-order valence-electron chi connectivity index (χ2n) is 10.5. The molecule has 162 valence electrons. The molecule has 5 heteroatoms. The predicted molar refractivity (Wildman–Crippen MR) is 121 cm³/mol. The van der Waals surface area contributed by atoms with Crippen LogP contribution in [0.25, 0.3) is 0 Å². The van der Waals surface area contributed by atoms with Crippen LogP contribution in [-0.2, 0) is 5.41 Å². The summed E-state index contributed by atoms with van der Waals surface area (Å²) < 4.78 is 28.1. The molecular weight excluding hydrogens is 398 g/mol. The third-order valence-electron chi connectivity index (χ3n) is 8.99. The molecule has 0 saturated heterocycles. The topological polar surface area (TPSA) is 38.4 Å². The second kappa shape index (κ2) is 7.74. The molecule has 6 rings (SSSR count). The highest BCUT2D eigenvalue weighted by Gasteiger charge is 2.71. The van der Waals surface area contributed by atoms with Gasteiger partial charge in [0, 0.05) is 17.5 Å². The molecule has 1 aromatic rings. The Morgan fingerprint density at radius 3 is 2.53 bits per heavy atom. The molecule has 0 amide bonds. The van der Waals surface area contributed by atoms with E-state index in [9.17, 15) is 8.78 Å². The number of benzene rings is 1. The molecular formula is C25H32F2N2S. The molecule has 30 heavy (non-hydrogen) atoms. The minimum absolute atomic E-state index is 0.000993. The number of hydrogen-bond acceptors (Lipinski definition) is 2. The molecule has 5 atom stereocenters. The predicted octanol–water partition coefficient (Wildman–Crippen LogP) is 5.79. The molecule has 4 bridgehead atoms. The average molecular weight is 431 g/mol. The van der Waals surface area contributed by atoms with Gasteiger partial charge in [-0.25, -0.2) is 8.78 Å². The van der Waals surface area contributed by atoms with Crippen molar-refractivity contribution in [2.75, 3.05) is 6.54 Å². The van der Waals surface area contributed by atoms with E-state index in [1.165, 1.54) is 5.56 Å². The van der Waals surface area contributed by atoms with Crippen LogP contribution in [-0.4, -0.2) is 24.2 Å². The highest BCUT2D eigenvalue weighted by Crippen LogP contribution is 2.74. The largest absolute Gasteiger partial charge is 0.330 e. The summed E-state index contributed by atoms with van der Waals surface area (Å²) in [5, 5.41) is 0. The summed E-state index contributed by atoms with van der Waals surface area (Å²) in [7, 11) is 0. The van der Waals surface area contributed by atoms with Crippen LogP contribution in [0.15, 0.2) is 35.3 Å². The summed E-state index contributed by atoms with van der Waals surface area (Å²) in [4.78, 5) is 5.53. The van der Waals surface area contributed by atoms with Crippen molar-refractivity contribution in [3.05, 3.63) is 35.9 Å². The zero-order valence-electron chi connectivity index (χ0n) is 17.5. The Hall–Kier alpha value is -1.20. The first kappa shape index (κ1) is 20.7. The van der Waals surface area contributed by atoms with E-state index < -0.39 is 12.3 Å². The lowest BCUT2D eigenvalue weighted by atomic mass is 9.62. The van der Waals surface area contributed by atoms with Gasteiger partial charge in [-0.2, -0.15) is 0 Å². The quantitative estimate of drug-likeness (QED) is 0.474. The molecule has 0 aromatic heterocycles. The number of alkyl halides is 2. The zero-order valence-corrected chi connectivity index (χ0v) is 18.3. The van der Waals surface area contributed by atoms with Gasteiger partial charge in [0.2, 0.25) is 6.43 Å². The maximum absolute atomic E-state index is 14.1. The number of rotatable bonds is 5. The summed E-state index contributed by atoms with van der Waals surface area (Å²) >= 11 is 5.91. The van der Waals surface area contributed by atoms with Crippen LogP contribution in [0.2, 0.25) is 0 Å². The molecule has 0 heterocycles. The second-order valence-corrected chi connectivity index (χ2v) is 10.9. The summed E-state index contributed by atoms with van der Waals surface area (Å²) in [6, 6.07) is 10.5. The molecule has 5 aliphatic rings. The average Bonchev–Trinajstić information content (AvgIpc) is 3.15. The van der Waals surface area contributed by atoms with Crippen molar-refractivity contribution in [1.82, 2.24) is 0 Å². The maximum Gasteiger partial charge on any atom is 0.242 e. The fourth-order valence-corrected chi connectivity index (χ4v) is 8.02. The SMILES string of the molecule is NCC1CCC(/C=N/C(=S)C23CC4CC(c5ccccc5)(CC2[C@@H]4C(F)F)C3)CC1. The number of thiocarbonyl (C=S) groups is 1. The number of halogens is 2. The first-order chi connectivity index (χ1) is 14.5. The van der Waals surface area contributed by atoms with Crippen molar-refractivity contribution in [3.63, 3.8) is 0 Å². The standard InChI is InChI=1S/C25H32F2N2S/c26-22(27)21-18-10-24(19-4-2-1-3-5-19)12-20(21)25(11-18,15-24)23(30)29-14-17-8-6-16(13-28)7-9-17/h1-5,14,16-18,20-22H,6-13,15,28H2/b29-14+/t16?,17?,18?,20?,21-,24?,25?/m1/s1. The van der Waals surface area contributed by atoms with Crippen molar-refractivity contribution in [3.8, 4) is 0 Å². The van der Waals surface area contributed by atoms with Gasteiger partial charge in [-0.15, -0.1) is 0 Å². The highest BCUT2D eigenvalue weighted by molar-refractivity contribution is 7.80.